The fraction of sp³-hybridized carbons (Fsp3) is 0.429. The molecule has 1 saturated heterocycles. The smallest absolute Gasteiger partial charge is 0.187 e. The number of aromatic hydroxyl groups is 4. The highest BCUT2D eigenvalue weighted by Gasteiger charge is 2.46. The van der Waals surface area contributed by atoms with Gasteiger partial charge in [-0.15, -0.1) is 0 Å². The highest BCUT2D eigenvalue weighted by atomic mass is 16.7. The molecule has 7 unspecified atom stereocenters. The zero-order chi connectivity index (χ0) is 23.2. The molecule has 2 heterocycles. The van der Waals surface area contributed by atoms with Crippen LogP contribution in [0.3, 0.4) is 0 Å². The molecular formula is C21H24O11. The van der Waals surface area contributed by atoms with E-state index in [1.807, 2.05) is 0 Å². The Hall–Kier alpha value is -2.80. The minimum absolute atomic E-state index is 0.0166. The number of phenols is 4. The van der Waals surface area contributed by atoms with E-state index in [2.05, 4.69) is 0 Å². The summed E-state index contributed by atoms with van der Waals surface area (Å²) in [7, 11) is 0. The summed E-state index contributed by atoms with van der Waals surface area (Å²) in [6.45, 7) is -0.635. The van der Waals surface area contributed by atoms with Crippen molar-refractivity contribution in [2.75, 3.05) is 6.61 Å². The number of ether oxygens (including phenoxy) is 3. The van der Waals surface area contributed by atoms with Gasteiger partial charge < -0.3 is 55.1 Å². The summed E-state index contributed by atoms with van der Waals surface area (Å²) in [6.07, 6.45) is -9.41. The molecule has 32 heavy (non-hydrogen) atoms. The zero-order valence-corrected chi connectivity index (χ0v) is 16.6. The van der Waals surface area contributed by atoms with Crippen LogP contribution in [0.2, 0.25) is 0 Å². The van der Waals surface area contributed by atoms with Crippen molar-refractivity contribution >= 4 is 0 Å². The van der Waals surface area contributed by atoms with Crippen molar-refractivity contribution in [2.45, 2.75) is 49.3 Å². The molecular weight excluding hydrogens is 428 g/mol. The number of aliphatic hydroxyl groups excluding tert-OH is 4. The first-order valence-corrected chi connectivity index (χ1v) is 9.89. The summed E-state index contributed by atoms with van der Waals surface area (Å²) in [5.41, 5.74) is 0.667. The van der Waals surface area contributed by atoms with Gasteiger partial charge in [0, 0.05) is 24.1 Å². The molecule has 4 rings (SSSR count). The van der Waals surface area contributed by atoms with Gasteiger partial charge in [-0.05, 0) is 17.7 Å². The molecule has 11 nitrogen and oxygen atoms in total. The molecule has 0 saturated carbocycles. The normalized spacial score (nSPS) is 32.2. The van der Waals surface area contributed by atoms with Crippen LogP contribution in [-0.4, -0.2) is 84.3 Å². The fourth-order valence-corrected chi connectivity index (χ4v) is 3.92. The van der Waals surface area contributed by atoms with E-state index in [0.29, 0.717) is 11.1 Å². The van der Waals surface area contributed by atoms with Gasteiger partial charge in [-0.1, -0.05) is 6.07 Å². The predicted octanol–water partition coefficient (Wildman–Crippen LogP) is -0.630. The highest BCUT2D eigenvalue weighted by Crippen LogP contribution is 2.44. The Bertz CT molecular complexity index is 978. The van der Waals surface area contributed by atoms with Gasteiger partial charge in [0.1, 0.15) is 47.8 Å². The zero-order valence-electron chi connectivity index (χ0n) is 16.6. The molecule has 174 valence electrons. The first-order chi connectivity index (χ1) is 15.2. The van der Waals surface area contributed by atoms with Crippen LogP contribution in [0.1, 0.15) is 17.2 Å². The molecule has 0 aliphatic carbocycles. The molecule has 1 fully saturated rings. The Morgan fingerprint density at radius 1 is 0.875 bits per heavy atom. The number of hydrogen-bond acceptors (Lipinski definition) is 11. The molecule has 8 N–H and O–H groups in total. The van der Waals surface area contributed by atoms with E-state index >= 15 is 0 Å². The lowest BCUT2D eigenvalue weighted by atomic mass is 9.93. The predicted molar refractivity (Wildman–Crippen MR) is 105 cm³/mol. The largest absolute Gasteiger partial charge is 0.508 e. The standard InChI is InChI=1S/C21H24O11/c22-7-16-17(27)18(28)19(29)21(32-16)31-15-6-10-12(25)4-9(23)5-14(10)30-20(15)8-1-2-11(24)13(26)3-8/h1-5,15-29H,6-7H2. The van der Waals surface area contributed by atoms with Gasteiger partial charge in [0.25, 0.3) is 0 Å². The average molecular weight is 452 g/mol. The second-order valence-corrected chi connectivity index (χ2v) is 7.80. The molecule has 0 radical (unpaired) electrons. The Morgan fingerprint density at radius 2 is 1.62 bits per heavy atom. The highest BCUT2D eigenvalue weighted by molar-refractivity contribution is 5.52. The van der Waals surface area contributed by atoms with Gasteiger partial charge in [0.2, 0.25) is 0 Å². The summed E-state index contributed by atoms with van der Waals surface area (Å²) >= 11 is 0. The summed E-state index contributed by atoms with van der Waals surface area (Å²) in [5.74, 6) is -1.10. The molecule has 2 aliphatic heterocycles. The number of hydrogen-bond donors (Lipinski definition) is 8. The molecule has 2 aromatic rings. The SMILES string of the molecule is OCC1OC(OC2Cc3c(O)cc(O)cc3OC2c2ccc(O)c(O)c2)C(O)C(O)C1O. The second-order valence-electron chi connectivity index (χ2n) is 7.80. The summed E-state index contributed by atoms with van der Waals surface area (Å²) in [5, 5.41) is 79.4. The van der Waals surface area contributed by atoms with Crippen LogP contribution in [0.5, 0.6) is 28.7 Å². The maximum Gasteiger partial charge on any atom is 0.187 e. The Balaban J connectivity index is 1.68. The minimum Gasteiger partial charge on any atom is -0.508 e. The number of rotatable bonds is 4. The van der Waals surface area contributed by atoms with Gasteiger partial charge in [0.05, 0.1) is 6.61 Å². The van der Waals surface area contributed by atoms with Crippen LogP contribution >= 0.6 is 0 Å². The summed E-state index contributed by atoms with van der Waals surface area (Å²) in [6, 6.07) is 6.38. The third kappa shape index (κ3) is 4.01. The number of benzene rings is 2. The van der Waals surface area contributed by atoms with Gasteiger partial charge in [0.15, 0.2) is 23.9 Å². The second kappa shape index (κ2) is 8.62. The Morgan fingerprint density at radius 3 is 2.31 bits per heavy atom. The average Bonchev–Trinajstić information content (AvgIpc) is 2.76. The maximum atomic E-state index is 10.3. The van der Waals surface area contributed by atoms with E-state index in [9.17, 15) is 40.9 Å². The molecule has 7 atom stereocenters. The van der Waals surface area contributed by atoms with Crippen molar-refractivity contribution in [3.05, 3.63) is 41.5 Å². The summed E-state index contributed by atoms with van der Waals surface area (Å²) in [4.78, 5) is 0. The molecule has 0 spiro atoms. The van der Waals surface area contributed by atoms with Crippen LogP contribution in [0, 0.1) is 0 Å². The van der Waals surface area contributed by atoms with Crippen LogP contribution in [0.4, 0.5) is 0 Å². The van der Waals surface area contributed by atoms with Gasteiger partial charge in [-0.2, -0.15) is 0 Å². The molecule has 2 aliphatic rings. The first kappa shape index (κ1) is 22.4. The Kier molecular flexibility index (Phi) is 6.03. The quantitative estimate of drug-likeness (QED) is 0.276. The van der Waals surface area contributed by atoms with Crippen molar-refractivity contribution in [3.8, 4) is 28.7 Å². The van der Waals surface area contributed by atoms with E-state index in [1.54, 1.807) is 0 Å². The third-order valence-electron chi connectivity index (χ3n) is 5.65. The van der Waals surface area contributed by atoms with E-state index in [0.717, 1.165) is 6.07 Å². The van der Waals surface area contributed by atoms with Crippen LogP contribution < -0.4 is 4.74 Å². The lowest BCUT2D eigenvalue weighted by Crippen LogP contribution is -2.60. The molecule has 2 aromatic carbocycles. The molecule has 11 heteroatoms. The number of phenolic OH excluding ortho intramolecular Hbond substituents is 4. The minimum atomic E-state index is -1.66. The van der Waals surface area contributed by atoms with Crippen LogP contribution in [0.25, 0.3) is 0 Å². The lowest BCUT2D eigenvalue weighted by Gasteiger charge is -2.43. The van der Waals surface area contributed by atoms with E-state index in [4.69, 9.17) is 14.2 Å². The van der Waals surface area contributed by atoms with E-state index < -0.39 is 55.3 Å². The molecule has 0 bridgehead atoms. The third-order valence-corrected chi connectivity index (χ3v) is 5.65. The Labute approximate surface area is 181 Å². The number of aliphatic hydroxyl groups is 4. The van der Waals surface area contributed by atoms with Crippen molar-refractivity contribution in [1.82, 2.24) is 0 Å². The van der Waals surface area contributed by atoms with Crippen molar-refractivity contribution in [3.63, 3.8) is 0 Å². The maximum absolute atomic E-state index is 10.3. The van der Waals surface area contributed by atoms with Crippen molar-refractivity contribution in [1.29, 1.82) is 0 Å². The monoisotopic (exact) mass is 452 g/mol. The molecule has 0 amide bonds. The number of fused-ring (bicyclic) bond motifs is 1. The van der Waals surface area contributed by atoms with Gasteiger partial charge >= 0.3 is 0 Å². The summed E-state index contributed by atoms with van der Waals surface area (Å²) < 4.78 is 17.2. The fourth-order valence-electron chi connectivity index (χ4n) is 3.92. The molecule has 0 aromatic heterocycles. The van der Waals surface area contributed by atoms with Crippen LogP contribution in [0.15, 0.2) is 30.3 Å². The van der Waals surface area contributed by atoms with E-state index in [1.165, 1.54) is 24.3 Å². The topological polar surface area (TPSA) is 190 Å². The van der Waals surface area contributed by atoms with Gasteiger partial charge in [-0.3, -0.25) is 0 Å². The van der Waals surface area contributed by atoms with E-state index in [-0.39, 0.29) is 29.4 Å². The van der Waals surface area contributed by atoms with Crippen LogP contribution in [-0.2, 0) is 15.9 Å². The first-order valence-electron chi connectivity index (χ1n) is 9.89. The van der Waals surface area contributed by atoms with Crippen molar-refractivity contribution in [2.24, 2.45) is 0 Å². The van der Waals surface area contributed by atoms with Gasteiger partial charge in [-0.25, -0.2) is 0 Å². The lowest BCUT2D eigenvalue weighted by molar-refractivity contribution is -0.317. The van der Waals surface area contributed by atoms with Crippen molar-refractivity contribution < 1.29 is 55.1 Å².